The number of nitrogens with one attached hydrogen (secondary N) is 2. The third-order valence-electron chi connectivity index (χ3n) is 3.17. The van der Waals surface area contributed by atoms with E-state index < -0.39 is 23.6 Å². The number of carbonyl (C=O) groups is 1. The van der Waals surface area contributed by atoms with Crippen molar-refractivity contribution in [3.05, 3.63) is 46.4 Å². The van der Waals surface area contributed by atoms with E-state index in [0.717, 1.165) is 6.07 Å². The fourth-order valence-corrected chi connectivity index (χ4v) is 2.25. The summed E-state index contributed by atoms with van der Waals surface area (Å²) in [6, 6.07) is 1.19. The summed E-state index contributed by atoms with van der Waals surface area (Å²) in [7, 11) is 0. The molecular formula is C13H9ClF2N4O. The number of anilines is 2. The van der Waals surface area contributed by atoms with Crippen LogP contribution in [0.15, 0.2) is 18.3 Å². The molecule has 1 amide bonds. The summed E-state index contributed by atoms with van der Waals surface area (Å²) in [5.74, 6) is -1.97. The first-order valence-corrected chi connectivity index (χ1v) is 6.39. The van der Waals surface area contributed by atoms with Crippen LogP contribution in [0.1, 0.15) is 17.2 Å². The molecule has 2 heterocycles. The number of fused-ring (bicyclic) bond motifs is 1. The van der Waals surface area contributed by atoms with Crippen LogP contribution in [0.2, 0.25) is 5.28 Å². The Hall–Kier alpha value is -2.28. The molecule has 21 heavy (non-hydrogen) atoms. The lowest BCUT2D eigenvalue weighted by atomic mass is 10.0. The summed E-state index contributed by atoms with van der Waals surface area (Å²) in [5.41, 5.74) is 0.189. The first-order valence-electron chi connectivity index (χ1n) is 6.02. The van der Waals surface area contributed by atoms with Gasteiger partial charge in [-0.15, -0.1) is 0 Å². The third kappa shape index (κ3) is 2.29. The van der Waals surface area contributed by atoms with E-state index in [9.17, 15) is 13.6 Å². The largest absolute Gasteiger partial charge is 0.353 e. The van der Waals surface area contributed by atoms with Crippen LogP contribution in [0.5, 0.6) is 0 Å². The number of amides is 1. The molecule has 1 atom stereocenters. The van der Waals surface area contributed by atoms with Crippen LogP contribution >= 0.6 is 11.6 Å². The predicted molar refractivity (Wildman–Crippen MR) is 73.1 cm³/mol. The maximum absolute atomic E-state index is 14.2. The summed E-state index contributed by atoms with van der Waals surface area (Å²) in [5, 5.41) is 5.14. The fourth-order valence-electron chi connectivity index (χ4n) is 2.12. The first-order chi connectivity index (χ1) is 9.97. The van der Waals surface area contributed by atoms with Crippen molar-refractivity contribution >= 4 is 29.0 Å². The van der Waals surface area contributed by atoms with E-state index in [0.29, 0.717) is 5.69 Å². The van der Waals surface area contributed by atoms with Crippen LogP contribution in [0.25, 0.3) is 0 Å². The first kappa shape index (κ1) is 13.7. The van der Waals surface area contributed by atoms with Crippen LogP contribution in [-0.2, 0) is 4.79 Å². The van der Waals surface area contributed by atoms with Crippen molar-refractivity contribution in [1.29, 1.82) is 0 Å². The summed E-state index contributed by atoms with van der Waals surface area (Å²) < 4.78 is 28.1. The van der Waals surface area contributed by atoms with Gasteiger partial charge in [0, 0.05) is 0 Å². The maximum Gasteiger partial charge on any atom is 0.251 e. The molecular weight excluding hydrogens is 302 g/mol. The van der Waals surface area contributed by atoms with Crippen LogP contribution < -0.4 is 10.6 Å². The van der Waals surface area contributed by atoms with Crippen LogP contribution in [0, 0.1) is 18.6 Å². The number of carbonyl (C=O) groups excluding carboxylic acids is 1. The molecule has 1 aliphatic rings. The Labute approximate surface area is 123 Å². The summed E-state index contributed by atoms with van der Waals surface area (Å²) in [6.45, 7) is 1.49. The third-order valence-corrected chi connectivity index (χ3v) is 3.35. The molecule has 8 heteroatoms. The Morgan fingerprint density at radius 1 is 1.33 bits per heavy atom. The van der Waals surface area contributed by atoms with Gasteiger partial charge in [-0.2, -0.15) is 4.98 Å². The molecule has 3 rings (SSSR count). The minimum Gasteiger partial charge on any atom is -0.353 e. The number of hydrogen-bond acceptors (Lipinski definition) is 4. The molecule has 0 bridgehead atoms. The molecule has 2 aromatic rings. The Bertz CT molecular complexity index is 753. The van der Waals surface area contributed by atoms with E-state index in [2.05, 4.69) is 20.6 Å². The van der Waals surface area contributed by atoms with E-state index >= 15 is 0 Å². The van der Waals surface area contributed by atoms with Gasteiger partial charge in [0.25, 0.3) is 5.91 Å². The molecule has 1 aliphatic heterocycles. The zero-order valence-electron chi connectivity index (χ0n) is 10.7. The van der Waals surface area contributed by atoms with Gasteiger partial charge in [0.15, 0.2) is 5.82 Å². The zero-order chi connectivity index (χ0) is 15.1. The van der Waals surface area contributed by atoms with Gasteiger partial charge in [-0.1, -0.05) is 6.07 Å². The van der Waals surface area contributed by atoms with E-state index in [1.54, 1.807) is 0 Å². The standard InChI is InChI=1S/C13H9ClF2N4O/c1-5-2-3-6(15)8(9(5)16)10-12(21)18-7-4-17-13(14)20-11(7)19-10/h2-4,10H,1H3,(H,18,21)(H,17,19,20). The van der Waals surface area contributed by atoms with Crippen LogP contribution in [0.4, 0.5) is 20.3 Å². The number of nitrogens with zero attached hydrogens (tertiary/aromatic N) is 2. The van der Waals surface area contributed by atoms with Crippen LogP contribution in [0.3, 0.4) is 0 Å². The highest BCUT2D eigenvalue weighted by molar-refractivity contribution is 6.28. The molecule has 108 valence electrons. The molecule has 0 fully saturated rings. The second-order valence-corrected chi connectivity index (χ2v) is 4.90. The van der Waals surface area contributed by atoms with E-state index in [1.807, 2.05) is 0 Å². The zero-order valence-corrected chi connectivity index (χ0v) is 11.5. The minimum absolute atomic E-state index is 0.0404. The molecule has 0 aliphatic carbocycles. The summed E-state index contributed by atoms with van der Waals surface area (Å²) >= 11 is 5.67. The Morgan fingerprint density at radius 3 is 2.86 bits per heavy atom. The van der Waals surface area contributed by atoms with Gasteiger partial charge in [0.05, 0.1) is 11.8 Å². The average Bonchev–Trinajstić information content (AvgIpc) is 2.44. The van der Waals surface area contributed by atoms with Gasteiger partial charge in [0.1, 0.15) is 23.4 Å². The minimum atomic E-state index is -1.23. The number of benzene rings is 1. The van der Waals surface area contributed by atoms with E-state index in [1.165, 1.54) is 19.2 Å². The van der Waals surface area contributed by atoms with Gasteiger partial charge in [-0.25, -0.2) is 13.8 Å². The Balaban J connectivity index is 2.09. The number of halogens is 3. The quantitative estimate of drug-likeness (QED) is 0.795. The number of rotatable bonds is 1. The monoisotopic (exact) mass is 310 g/mol. The Kier molecular flexibility index (Phi) is 3.21. The molecule has 0 saturated carbocycles. The highest BCUT2D eigenvalue weighted by Crippen LogP contribution is 2.33. The smallest absolute Gasteiger partial charge is 0.251 e. The van der Waals surface area contributed by atoms with Gasteiger partial charge in [-0.05, 0) is 30.2 Å². The summed E-state index contributed by atoms with van der Waals surface area (Å²) in [4.78, 5) is 19.7. The topological polar surface area (TPSA) is 66.9 Å². The summed E-state index contributed by atoms with van der Waals surface area (Å²) in [6.07, 6.45) is 1.31. The maximum atomic E-state index is 14.2. The number of aryl methyl sites for hydroxylation is 1. The SMILES string of the molecule is Cc1ccc(F)c(C2Nc3nc(Cl)ncc3NC2=O)c1F. The average molecular weight is 311 g/mol. The van der Waals surface area contributed by atoms with Crippen molar-refractivity contribution in [1.82, 2.24) is 9.97 Å². The fraction of sp³-hybridized carbons (Fsp3) is 0.154. The van der Waals surface area contributed by atoms with Gasteiger partial charge in [0.2, 0.25) is 5.28 Å². The molecule has 2 N–H and O–H groups in total. The van der Waals surface area contributed by atoms with Crippen molar-refractivity contribution < 1.29 is 13.6 Å². The normalized spacial score (nSPS) is 17.0. The predicted octanol–water partition coefficient (Wildman–Crippen LogP) is 2.82. The molecule has 0 radical (unpaired) electrons. The van der Waals surface area contributed by atoms with Crippen molar-refractivity contribution in [3.63, 3.8) is 0 Å². The Morgan fingerprint density at radius 2 is 2.10 bits per heavy atom. The molecule has 5 nitrogen and oxygen atoms in total. The van der Waals surface area contributed by atoms with E-state index in [4.69, 9.17) is 11.6 Å². The lowest BCUT2D eigenvalue weighted by Gasteiger charge is -2.26. The number of hydrogen-bond donors (Lipinski definition) is 2. The lowest BCUT2D eigenvalue weighted by Crippen LogP contribution is -2.34. The second-order valence-electron chi connectivity index (χ2n) is 4.56. The van der Waals surface area contributed by atoms with Crippen molar-refractivity contribution in [2.45, 2.75) is 13.0 Å². The molecule has 0 spiro atoms. The lowest BCUT2D eigenvalue weighted by molar-refractivity contribution is -0.117. The molecule has 0 saturated heterocycles. The highest BCUT2D eigenvalue weighted by atomic mass is 35.5. The molecule has 1 aromatic carbocycles. The van der Waals surface area contributed by atoms with Gasteiger partial charge < -0.3 is 10.6 Å². The van der Waals surface area contributed by atoms with Gasteiger partial charge >= 0.3 is 0 Å². The molecule has 1 unspecified atom stereocenters. The van der Waals surface area contributed by atoms with Crippen LogP contribution in [-0.4, -0.2) is 15.9 Å². The van der Waals surface area contributed by atoms with E-state index in [-0.39, 0.29) is 22.2 Å². The van der Waals surface area contributed by atoms with Crippen molar-refractivity contribution in [2.75, 3.05) is 10.6 Å². The molecule has 1 aromatic heterocycles. The van der Waals surface area contributed by atoms with Crippen molar-refractivity contribution in [3.8, 4) is 0 Å². The van der Waals surface area contributed by atoms with Crippen molar-refractivity contribution in [2.24, 2.45) is 0 Å². The second kappa shape index (κ2) is 4.92. The van der Waals surface area contributed by atoms with Gasteiger partial charge in [-0.3, -0.25) is 4.79 Å². The number of aromatic nitrogens is 2. The highest BCUT2D eigenvalue weighted by Gasteiger charge is 2.33.